The van der Waals surface area contributed by atoms with Gasteiger partial charge >= 0.3 is 0 Å². The first-order valence-corrected chi connectivity index (χ1v) is 7.27. The van der Waals surface area contributed by atoms with Gasteiger partial charge < -0.3 is 10.1 Å². The Morgan fingerprint density at radius 1 is 1.50 bits per heavy atom. The number of sulfonamides is 1. The Bertz CT molecular complexity index is 305. The fraction of sp³-hybridized carbons (Fsp3) is 1.00. The average molecular weight is 250 g/mol. The Kier molecular flexibility index (Phi) is 5.17. The normalized spacial score (nSPS) is 28.9. The largest absolute Gasteiger partial charge is 0.378 e. The van der Waals surface area contributed by atoms with Crippen molar-refractivity contribution in [2.24, 2.45) is 0 Å². The van der Waals surface area contributed by atoms with Gasteiger partial charge in [0.25, 0.3) is 0 Å². The molecule has 16 heavy (non-hydrogen) atoms. The van der Waals surface area contributed by atoms with Crippen LogP contribution in [0.15, 0.2) is 0 Å². The molecule has 0 aromatic carbocycles. The zero-order valence-electron chi connectivity index (χ0n) is 10.2. The summed E-state index contributed by atoms with van der Waals surface area (Å²) < 4.78 is 32.0. The number of hydrogen-bond donors (Lipinski definition) is 2. The maximum absolute atomic E-state index is 11.9. The molecule has 0 bridgehead atoms. The van der Waals surface area contributed by atoms with E-state index in [4.69, 9.17) is 4.74 Å². The van der Waals surface area contributed by atoms with Crippen LogP contribution in [-0.2, 0) is 14.8 Å². The van der Waals surface area contributed by atoms with Crippen LogP contribution in [0.1, 0.15) is 26.7 Å². The molecule has 1 fully saturated rings. The summed E-state index contributed by atoms with van der Waals surface area (Å²) in [5, 5.41) is 2.47. The molecule has 0 aromatic heterocycles. The molecule has 1 heterocycles. The molecular formula is C10H22N2O3S. The first-order chi connectivity index (χ1) is 7.45. The molecule has 1 aliphatic heterocycles. The molecule has 0 amide bonds. The van der Waals surface area contributed by atoms with E-state index in [1.165, 1.54) is 0 Å². The number of nitrogens with one attached hydrogen (secondary N) is 2. The Hall–Kier alpha value is -0.170. The van der Waals surface area contributed by atoms with Gasteiger partial charge in [-0.3, -0.25) is 0 Å². The van der Waals surface area contributed by atoms with E-state index in [-0.39, 0.29) is 12.1 Å². The fourth-order valence-corrected chi connectivity index (χ4v) is 3.15. The van der Waals surface area contributed by atoms with Crippen LogP contribution >= 0.6 is 0 Å². The SMILES string of the molecule is CNCC(C)S(=O)(=O)NC1CCOC(C)C1. The molecule has 0 aromatic rings. The second-order valence-electron chi connectivity index (χ2n) is 4.43. The quantitative estimate of drug-likeness (QED) is 0.725. The van der Waals surface area contributed by atoms with Crippen molar-refractivity contribution in [1.29, 1.82) is 0 Å². The van der Waals surface area contributed by atoms with Crippen molar-refractivity contribution in [3.05, 3.63) is 0 Å². The van der Waals surface area contributed by atoms with Crippen LogP contribution in [0.25, 0.3) is 0 Å². The second-order valence-corrected chi connectivity index (χ2v) is 6.56. The summed E-state index contributed by atoms with van der Waals surface area (Å²) in [7, 11) is -1.46. The van der Waals surface area contributed by atoms with Gasteiger partial charge in [0.15, 0.2) is 0 Å². The number of ether oxygens (including phenoxy) is 1. The lowest BCUT2D eigenvalue weighted by molar-refractivity contribution is 0.0173. The molecule has 1 rings (SSSR count). The number of hydrogen-bond acceptors (Lipinski definition) is 4. The predicted octanol–water partition coefficient (Wildman–Crippen LogP) is 0.0812. The van der Waals surface area contributed by atoms with Crippen molar-refractivity contribution < 1.29 is 13.2 Å². The summed E-state index contributed by atoms with van der Waals surface area (Å²) in [5.74, 6) is 0. The van der Waals surface area contributed by atoms with E-state index in [0.29, 0.717) is 13.2 Å². The molecule has 2 N–H and O–H groups in total. The van der Waals surface area contributed by atoms with Crippen molar-refractivity contribution >= 4 is 10.0 Å². The van der Waals surface area contributed by atoms with Crippen molar-refractivity contribution in [3.8, 4) is 0 Å². The Morgan fingerprint density at radius 2 is 2.19 bits per heavy atom. The van der Waals surface area contributed by atoms with E-state index in [9.17, 15) is 8.42 Å². The summed E-state index contributed by atoms with van der Waals surface area (Å²) in [6.07, 6.45) is 1.66. The summed E-state index contributed by atoms with van der Waals surface area (Å²) in [5.41, 5.74) is 0. The van der Waals surface area contributed by atoms with Crippen LogP contribution in [0.4, 0.5) is 0 Å². The Balaban J connectivity index is 2.51. The summed E-state index contributed by atoms with van der Waals surface area (Å²) in [4.78, 5) is 0. The van der Waals surface area contributed by atoms with Gasteiger partial charge in [-0.1, -0.05) is 0 Å². The summed E-state index contributed by atoms with van der Waals surface area (Å²) in [6.45, 7) is 4.78. The number of rotatable bonds is 5. The van der Waals surface area contributed by atoms with Crippen LogP contribution in [0.2, 0.25) is 0 Å². The van der Waals surface area contributed by atoms with Crippen molar-refractivity contribution in [2.75, 3.05) is 20.2 Å². The second kappa shape index (κ2) is 5.95. The minimum atomic E-state index is -3.21. The molecule has 0 saturated carbocycles. The molecule has 0 radical (unpaired) electrons. The highest BCUT2D eigenvalue weighted by molar-refractivity contribution is 7.90. The molecule has 1 saturated heterocycles. The van der Waals surface area contributed by atoms with Crippen molar-refractivity contribution in [1.82, 2.24) is 10.0 Å². The minimum Gasteiger partial charge on any atom is -0.378 e. The van der Waals surface area contributed by atoms with E-state index in [2.05, 4.69) is 10.0 Å². The van der Waals surface area contributed by atoms with E-state index in [0.717, 1.165) is 12.8 Å². The minimum absolute atomic E-state index is 0.0213. The summed E-state index contributed by atoms with van der Waals surface area (Å²) in [6, 6.07) is 0.0213. The summed E-state index contributed by atoms with van der Waals surface area (Å²) >= 11 is 0. The maximum Gasteiger partial charge on any atom is 0.215 e. The maximum atomic E-state index is 11.9. The molecule has 6 heteroatoms. The van der Waals surface area contributed by atoms with Gasteiger partial charge in [0.1, 0.15) is 0 Å². The van der Waals surface area contributed by atoms with Crippen molar-refractivity contribution in [2.45, 2.75) is 44.1 Å². The molecule has 3 atom stereocenters. The highest BCUT2D eigenvalue weighted by Crippen LogP contribution is 2.14. The smallest absolute Gasteiger partial charge is 0.215 e. The zero-order valence-corrected chi connectivity index (χ0v) is 11.0. The molecule has 5 nitrogen and oxygen atoms in total. The standard InChI is InChI=1S/C10H22N2O3S/c1-8-6-10(4-5-15-8)12-16(13,14)9(2)7-11-3/h8-12H,4-7H2,1-3H3. The zero-order chi connectivity index (χ0) is 12.2. The Labute approximate surface area is 98.0 Å². The fourth-order valence-electron chi connectivity index (χ4n) is 1.85. The average Bonchev–Trinajstić information content (AvgIpc) is 2.17. The van der Waals surface area contributed by atoms with Crippen LogP contribution in [0.3, 0.4) is 0 Å². The topological polar surface area (TPSA) is 67.4 Å². The molecule has 0 spiro atoms. The lowest BCUT2D eigenvalue weighted by Gasteiger charge is -2.28. The first kappa shape index (κ1) is 13.9. The lowest BCUT2D eigenvalue weighted by atomic mass is 10.1. The van der Waals surface area contributed by atoms with Crippen molar-refractivity contribution in [3.63, 3.8) is 0 Å². The molecule has 96 valence electrons. The van der Waals surface area contributed by atoms with Gasteiger partial charge in [0.2, 0.25) is 10.0 Å². The third kappa shape index (κ3) is 4.01. The molecule has 0 aliphatic carbocycles. The predicted molar refractivity (Wildman–Crippen MR) is 63.9 cm³/mol. The van der Waals surface area contributed by atoms with E-state index in [1.54, 1.807) is 14.0 Å². The van der Waals surface area contributed by atoms with Crippen LogP contribution < -0.4 is 10.0 Å². The van der Waals surface area contributed by atoms with Crippen LogP contribution in [-0.4, -0.2) is 46.0 Å². The van der Waals surface area contributed by atoms with Gasteiger partial charge in [-0.2, -0.15) is 0 Å². The van der Waals surface area contributed by atoms with Gasteiger partial charge in [0, 0.05) is 19.2 Å². The third-order valence-electron chi connectivity index (χ3n) is 2.84. The van der Waals surface area contributed by atoms with Crippen LogP contribution in [0.5, 0.6) is 0 Å². The van der Waals surface area contributed by atoms with Crippen LogP contribution in [0, 0.1) is 0 Å². The highest BCUT2D eigenvalue weighted by Gasteiger charge is 2.27. The van der Waals surface area contributed by atoms with Gasteiger partial charge in [-0.15, -0.1) is 0 Å². The van der Waals surface area contributed by atoms with E-state index < -0.39 is 15.3 Å². The third-order valence-corrected chi connectivity index (χ3v) is 4.73. The van der Waals surface area contributed by atoms with Gasteiger partial charge in [0.05, 0.1) is 11.4 Å². The molecule has 3 unspecified atom stereocenters. The lowest BCUT2D eigenvalue weighted by Crippen LogP contribution is -2.46. The monoisotopic (exact) mass is 250 g/mol. The highest BCUT2D eigenvalue weighted by atomic mass is 32.2. The molecular weight excluding hydrogens is 228 g/mol. The molecule has 1 aliphatic rings. The van der Waals surface area contributed by atoms with E-state index in [1.807, 2.05) is 6.92 Å². The van der Waals surface area contributed by atoms with E-state index >= 15 is 0 Å². The van der Waals surface area contributed by atoms with Gasteiger partial charge in [-0.05, 0) is 33.7 Å². The van der Waals surface area contributed by atoms with Gasteiger partial charge in [-0.25, -0.2) is 13.1 Å². The Morgan fingerprint density at radius 3 is 2.75 bits per heavy atom. The first-order valence-electron chi connectivity index (χ1n) is 5.73.